The molecule has 0 bridgehead atoms. The van der Waals surface area contributed by atoms with Crippen LogP contribution in [0.4, 0.5) is 4.39 Å². The first-order chi connectivity index (χ1) is 12.7. The van der Waals surface area contributed by atoms with Gasteiger partial charge in [0.1, 0.15) is 17.9 Å². The third kappa shape index (κ3) is 3.57. The number of fused-ring (bicyclic) bond motifs is 1. The second kappa shape index (κ2) is 7.21. The Hall–Kier alpha value is -2.80. The Kier molecular flexibility index (Phi) is 4.62. The van der Waals surface area contributed by atoms with Gasteiger partial charge in [-0.2, -0.15) is 0 Å². The molecular weight excluding hydrogens is 333 g/mol. The molecule has 0 aliphatic carbocycles. The molecule has 4 rings (SSSR count). The summed E-state index contributed by atoms with van der Waals surface area (Å²) in [5, 5.41) is 8.17. The highest BCUT2D eigenvalue weighted by Gasteiger charge is 2.22. The van der Waals surface area contributed by atoms with Crippen LogP contribution < -0.4 is 0 Å². The summed E-state index contributed by atoms with van der Waals surface area (Å²) in [5.74, 6) is -0.164. The van der Waals surface area contributed by atoms with Gasteiger partial charge in [-0.15, -0.1) is 5.10 Å². The van der Waals surface area contributed by atoms with Crippen LogP contribution in [0.15, 0.2) is 48.5 Å². The number of piperazine rings is 1. The summed E-state index contributed by atoms with van der Waals surface area (Å²) in [6.45, 7) is 3.79. The SMILES string of the molecule is O=C(Cn1nnc2ccccc21)N1CCN(Cc2cccc(F)c2)CC1. The number of carbonyl (C=O) groups excluding carboxylic acids is 1. The van der Waals surface area contributed by atoms with Gasteiger partial charge in [0.2, 0.25) is 5.91 Å². The van der Waals surface area contributed by atoms with Crippen LogP contribution in [0.1, 0.15) is 5.56 Å². The summed E-state index contributed by atoms with van der Waals surface area (Å²) in [4.78, 5) is 16.7. The zero-order valence-corrected chi connectivity index (χ0v) is 14.4. The lowest BCUT2D eigenvalue weighted by atomic mass is 10.2. The molecule has 2 aromatic carbocycles. The van der Waals surface area contributed by atoms with Gasteiger partial charge in [-0.3, -0.25) is 9.69 Å². The first-order valence-electron chi connectivity index (χ1n) is 8.72. The predicted molar refractivity (Wildman–Crippen MR) is 95.8 cm³/mol. The van der Waals surface area contributed by atoms with Crippen molar-refractivity contribution >= 4 is 16.9 Å². The third-order valence-electron chi connectivity index (χ3n) is 4.73. The molecule has 1 saturated heterocycles. The van der Waals surface area contributed by atoms with Gasteiger partial charge in [-0.05, 0) is 29.8 Å². The van der Waals surface area contributed by atoms with E-state index in [9.17, 15) is 9.18 Å². The lowest BCUT2D eigenvalue weighted by Gasteiger charge is -2.34. The lowest BCUT2D eigenvalue weighted by molar-refractivity contribution is -0.133. The van der Waals surface area contributed by atoms with E-state index in [1.54, 1.807) is 16.8 Å². The standard InChI is InChI=1S/C19H20FN5O/c20-16-5-3-4-15(12-16)13-23-8-10-24(11-9-23)19(26)14-25-18-7-2-1-6-17(18)21-22-25/h1-7,12H,8-11,13-14H2. The quantitative estimate of drug-likeness (QED) is 0.719. The molecule has 1 fully saturated rings. The molecule has 1 aromatic heterocycles. The average molecular weight is 353 g/mol. The maximum atomic E-state index is 13.3. The van der Waals surface area contributed by atoms with Crippen molar-refractivity contribution in [2.45, 2.75) is 13.1 Å². The second-order valence-electron chi connectivity index (χ2n) is 6.52. The van der Waals surface area contributed by atoms with Crippen LogP contribution in [0.3, 0.4) is 0 Å². The molecule has 6 nitrogen and oxygen atoms in total. The van der Waals surface area contributed by atoms with Crippen molar-refractivity contribution in [1.29, 1.82) is 0 Å². The minimum atomic E-state index is -0.212. The number of halogens is 1. The molecule has 1 aliphatic heterocycles. The number of carbonyl (C=O) groups is 1. The summed E-state index contributed by atoms with van der Waals surface area (Å²) >= 11 is 0. The molecule has 0 spiro atoms. The molecular formula is C19H20FN5O. The molecule has 0 unspecified atom stereocenters. The number of benzene rings is 2. The lowest BCUT2D eigenvalue weighted by Crippen LogP contribution is -2.49. The van der Waals surface area contributed by atoms with Gasteiger partial charge in [-0.1, -0.05) is 29.5 Å². The molecule has 1 amide bonds. The van der Waals surface area contributed by atoms with Crippen molar-refractivity contribution in [3.63, 3.8) is 0 Å². The van der Waals surface area contributed by atoms with Gasteiger partial charge in [0.05, 0.1) is 5.52 Å². The Balaban J connectivity index is 1.33. The van der Waals surface area contributed by atoms with E-state index >= 15 is 0 Å². The number of hydrogen-bond acceptors (Lipinski definition) is 4. The van der Waals surface area contributed by atoms with E-state index in [0.717, 1.165) is 29.7 Å². The minimum absolute atomic E-state index is 0.0473. The number of para-hydroxylation sites is 1. The number of amides is 1. The Bertz CT molecular complexity index is 917. The van der Waals surface area contributed by atoms with E-state index in [4.69, 9.17) is 0 Å². The topological polar surface area (TPSA) is 54.3 Å². The Morgan fingerprint density at radius 1 is 1.04 bits per heavy atom. The molecule has 1 aliphatic rings. The fourth-order valence-corrected chi connectivity index (χ4v) is 3.31. The summed E-state index contributed by atoms with van der Waals surface area (Å²) in [6, 6.07) is 14.3. The van der Waals surface area contributed by atoms with E-state index in [1.165, 1.54) is 6.07 Å². The first kappa shape index (κ1) is 16.7. The zero-order valence-electron chi connectivity index (χ0n) is 14.4. The number of rotatable bonds is 4. The van der Waals surface area contributed by atoms with Crippen molar-refractivity contribution in [3.8, 4) is 0 Å². The molecule has 134 valence electrons. The van der Waals surface area contributed by atoms with Crippen molar-refractivity contribution in [2.75, 3.05) is 26.2 Å². The average Bonchev–Trinajstić information content (AvgIpc) is 3.05. The first-order valence-corrected chi connectivity index (χ1v) is 8.72. The van der Waals surface area contributed by atoms with E-state index in [0.29, 0.717) is 19.6 Å². The van der Waals surface area contributed by atoms with Gasteiger partial charge in [-0.25, -0.2) is 9.07 Å². The maximum Gasteiger partial charge on any atom is 0.244 e. The van der Waals surface area contributed by atoms with Crippen LogP contribution in [0, 0.1) is 5.82 Å². The number of hydrogen-bond donors (Lipinski definition) is 0. The minimum Gasteiger partial charge on any atom is -0.339 e. The highest BCUT2D eigenvalue weighted by Crippen LogP contribution is 2.12. The van der Waals surface area contributed by atoms with Gasteiger partial charge in [0.15, 0.2) is 0 Å². The normalized spacial score (nSPS) is 15.5. The van der Waals surface area contributed by atoms with Crippen LogP contribution in [0.2, 0.25) is 0 Å². The third-order valence-corrected chi connectivity index (χ3v) is 4.73. The van der Waals surface area contributed by atoms with Crippen LogP contribution in [-0.2, 0) is 17.9 Å². The Morgan fingerprint density at radius 3 is 2.65 bits per heavy atom. The smallest absolute Gasteiger partial charge is 0.244 e. The largest absolute Gasteiger partial charge is 0.339 e. The van der Waals surface area contributed by atoms with Crippen LogP contribution in [-0.4, -0.2) is 56.9 Å². The van der Waals surface area contributed by atoms with Gasteiger partial charge >= 0.3 is 0 Å². The van der Waals surface area contributed by atoms with Gasteiger partial charge < -0.3 is 4.90 Å². The van der Waals surface area contributed by atoms with Crippen LogP contribution in [0.25, 0.3) is 11.0 Å². The van der Waals surface area contributed by atoms with Crippen LogP contribution in [0.5, 0.6) is 0 Å². The molecule has 0 radical (unpaired) electrons. The molecule has 0 saturated carbocycles. The molecule has 3 aromatic rings. The fraction of sp³-hybridized carbons (Fsp3) is 0.316. The van der Waals surface area contributed by atoms with E-state index < -0.39 is 0 Å². The molecule has 0 atom stereocenters. The zero-order chi connectivity index (χ0) is 17.9. The highest BCUT2D eigenvalue weighted by atomic mass is 19.1. The van der Waals surface area contributed by atoms with Gasteiger partial charge in [0.25, 0.3) is 0 Å². The van der Waals surface area contributed by atoms with Crippen molar-refractivity contribution in [3.05, 3.63) is 59.9 Å². The van der Waals surface area contributed by atoms with E-state index in [-0.39, 0.29) is 18.3 Å². The van der Waals surface area contributed by atoms with E-state index in [1.807, 2.05) is 35.2 Å². The van der Waals surface area contributed by atoms with E-state index in [2.05, 4.69) is 15.2 Å². The second-order valence-corrected chi connectivity index (χ2v) is 6.52. The Labute approximate surface area is 150 Å². The van der Waals surface area contributed by atoms with Gasteiger partial charge in [0, 0.05) is 32.7 Å². The predicted octanol–water partition coefficient (Wildman–Crippen LogP) is 1.91. The fourth-order valence-electron chi connectivity index (χ4n) is 3.31. The molecule has 26 heavy (non-hydrogen) atoms. The van der Waals surface area contributed by atoms with Crippen molar-refractivity contribution in [1.82, 2.24) is 24.8 Å². The summed E-state index contributed by atoms with van der Waals surface area (Å²) in [7, 11) is 0. The molecule has 7 heteroatoms. The van der Waals surface area contributed by atoms with Crippen LogP contribution >= 0.6 is 0 Å². The van der Waals surface area contributed by atoms with Crippen molar-refractivity contribution < 1.29 is 9.18 Å². The Morgan fingerprint density at radius 2 is 1.85 bits per heavy atom. The van der Waals surface area contributed by atoms with Crippen molar-refractivity contribution in [2.24, 2.45) is 0 Å². The maximum absolute atomic E-state index is 13.3. The summed E-state index contributed by atoms with van der Waals surface area (Å²) in [5.41, 5.74) is 2.62. The summed E-state index contributed by atoms with van der Waals surface area (Å²) in [6.07, 6.45) is 0. The highest BCUT2D eigenvalue weighted by molar-refractivity contribution is 5.79. The number of aromatic nitrogens is 3. The summed E-state index contributed by atoms with van der Waals surface area (Å²) < 4.78 is 14.9. The number of nitrogens with zero attached hydrogens (tertiary/aromatic N) is 5. The molecule has 0 N–H and O–H groups in total. The molecule has 2 heterocycles. The monoisotopic (exact) mass is 353 g/mol.